The molecule has 0 unspecified atom stereocenters. The standard InChI is InChI=1S/C3H6O3.C2H4O2.CH4O/c4-1-3(6)2-5;3-1-2-4;1-2/h4-5H,1-2H2;1,4H,2H2;2H,1H3. The molecule has 0 bridgehead atoms. The third-order valence-corrected chi connectivity index (χ3v) is 0.427. The van der Waals surface area contributed by atoms with Crippen LogP contribution in [0.3, 0.4) is 0 Å². The maximum absolute atomic E-state index is 9.68. The third-order valence-electron chi connectivity index (χ3n) is 0.427. The molecule has 0 spiro atoms. The van der Waals surface area contributed by atoms with Gasteiger partial charge in [0.25, 0.3) is 0 Å². The van der Waals surface area contributed by atoms with E-state index in [9.17, 15) is 4.79 Å². The van der Waals surface area contributed by atoms with Crippen molar-refractivity contribution in [2.75, 3.05) is 26.9 Å². The number of carbonyl (C=O) groups excluding carboxylic acids is 2. The number of hydrogen-bond donors (Lipinski definition) is 4. The zero-order valence-electron chi connectivity index (χ0n) is 6.80. The lowest BCUT2D eigenvalue weighted by Crippen LogP contribution is -2.07. The van der Waals surface area contributed by atoms with E-state index in [1.165, 1.54) is 0 Å². The Morgan fingerprint density at radius 2 is 1.42 bits per heavy atom. The number of aldehydes is 1. The van der Waals surface area contributed by atoms with Crippen molar-refractivity contribution < 1.29 is 30.0 Å². The van der Waals surface area contributed by atoms with E-state index in [-0.39, 0.29) is 6.61 Å². The van der Waals surface area contributed by atoms with Crippen LogP contribution in [0.15, 0.2) is 0 Å². The van der Waals surface area contributed by atoms with Crippen LogP contribution in [0.25, 0.3) is 0 Å². The van der Waals surface area contributed by atoms with Gasteiger partial charge in [0.05, 0.1) is 6.61 Å². The van der Waals surface area contributed by atoms with Gasteiger partial charge in [-0.3, -0.25) is 4.79 Å². The van der Waals surface area contributed by atoms with Gasteiger partial charge in [0, 0.05) is 7.11 Å². The summed E-state index contributed by atoms with van der Waals surface area (Å²) in [6.45, 7) is -1.48. The second-order valence-corrected chi connectivity index (χ2v) is 1.20. The lowest BCUT2D eigenvalue weighted by Gasteiger charge is -1.81. The summed E-state index contributed by atoms with van der Waals surface area (Å²) in [5.41, 5.74) is 0. The minimum atomic E-state index is -0.559. The van der Waals surface area contributed by atoms with Gasteiger partial charge in [0.1, 0.15) is 19.5 Å². The molecule has 0 aromatic carbocycles. The van der Waals surface area contributed by atoms with Crippen molar-refractivity contribution in [3.8, 4) is 0 Å². The molecule has 0 saturated heterocycles. The van der Waals surface area contributed by atoms with Crippen molar-refractivity contribution in [1.82, 2.24) is 0 Å². The molecular weight excluding hydrogens is 168 g/mol. The molecule has 0 aliphatic carbocycles. The first kappa shape index (κ1) is 17.3. The number of aliphatic hydroxyl groups is 4. The van der Waals surface area contributed by atoms with Crippen molar-refractivity contribution in [1.29, 1.82) is 0 Å². The van der Waals surface area contributed by atoms with E-state index >= 15 is 0 Å². The van der Waals surface area contributed by atoms with Crippen LogP contribution in [0.1, 0.15) is 0 Å². The molecule has 4 N–H and O–H groups in total. The van der Waals surface area contributed by atoms with Gasteiger partial charge >= 0.3 is 0 Å². The topological polar surface area (TPSA) is 115 Å². The van der Waals surface area contributed by atoms with Crippen LogP contribution >= 0.6 is 0 Å². The highest BCUT2D eigenvalue weighted by atomic mass is 16.3. The van der Waals surface area contributed by atoms with Gasteiger partial charge in [-0.2, -0.15) is 0 Å². The lowest BCUT2D eigenvalue weighted by molar-refractivity contribution is -0.124. The molecule has 0 aromatic heterocycles. The molecule has 0 rings (SSSR count). The van der Waals surface area contributed by atoms with Gasteiger partial charge in [-0.15, -0.1) is 0 Å². The summed E-state index contributed by atoms with van der Waals surface area (Å²) in [6, 6.07) is 0. The number of Topliss-reactive ketones (excluding diaryl/α,β-unsaturated/α-hetero) is 1. The van der Waals surface area contributed by atoms with Crippen LogP contribution in [-0.2, 0) is 9.59 Å². The van der Waals surface area contributed by atoms with Crippen LogP contribution in [0.5, 0.6) is 0 Å². The van der Waals surface area contributed by atoms with E-state index in [0.29, 0.717) is 6.29 Å². The van der Waals surface area contributed by atoms with Gasteiger partial charge in [-0.25, -0.2) is 0 Å². The molecule has 0 heterocycles. The van der Waals surface area contributed by atoms with Crippen molar-refractivity contribution in [2.24, 2.45) is 0 Å². The van der Waals surface area contributed by atoms with Crippen molar-refractivity contribution >= 4 is 12.1 Å². The molecule has 12 heavy (non-hydrogen) atoms. The summed E-state index contributed by atoms with van der Waals surface area (Å²) < 4.78 is 0. The number of ketones is 1. The second kappa shape index (κ2) is 22.5. The summed E-state index contributed by atoms with van der Waals surface area (Å²) in [5, 5.41) is 30.2. The molecule has 0 aromatic rings. The number of carbonyl (C=O) groups is 2. The Kier molecular flexibility index (Phi) is 32.4. The summed E-state index contributed by atoms with van der Waals surface area (Å²) in [6.07, 6.45) is 0.431. The molecule has 0 radical (unpaired) electrons. The minimum Gasteiger partial charge on any atom is -0.400 e. The number of hydrogen-bond acceptors (Lipinski definition) is 6. The molecule has 0 aliphatic heterocycles. The highest BCUT2D eigenvalue weighted by molar-refractivity contribution is 5.80. The fourth-order valence-corrected chi connectivity index (χ4v) is 0.0500. The van der Waals surface area contributed by atoms with Crippen LogP contribution < -0.4 is 0 Å². The molecule has 0 atom stereocenters. The molecule has 6 nitrogen and oxygen atoms in total. The Balaban J connectivity index is -0.000000118. The third kappa shape index (κ3) is 35.2. The molecule has 0 aliphatic rings. The fraction of sp³-hybridized carbons (Fsp3) is 0.667. The molecule has 6 heteroatoms. The van der Waals surface area contributed by atoms with E-state index in [4.69, 9.17) is 25.2 Å². The Bertz CT molecular complexity index is 86.0. The smallest absolute Gasteiger partial charge is 0.183 e. The average Bonchev–Trinajstić information content (AvgIpc) is 2.20. The zero-order valence-corrected chi connectivity index (χ0v) is 6.80. The van der Waals surface area contributed by atoms with Crippen molar-refractivity contribution in [2.45, 2.75) is 0 Å². The predicted molar refractivity (Wildman–Crippen MR) is 40.5 cm³/mol. The Morgan fingerprint density at radius 3 is 1.42 bits per heavy atom. The first-order valence-corrected chi connectivity index (χ1v) is 2.95. The van der Waals surface area contributed by atoms with Gasteiger partial charge in [0.15, 0.2) is 5.78 Å². The summed E-state index contributed by atoms with van der Waals surface area (Å²) >= 11 is 0. The van der Waals surface area contributed by atoms with E-state index in [1.807, 2.05) is 0 Å². The van der Waals surface area contributed by atoms with E-state index in [2.05, 4.69) is 0 Å². The van der Waals surface area contributed by atoms with Crippen molar-refractivity contribution in [3.63, 3.8) is 0 Å². The normalized spacial score (nSPS) is 6.75. The second-order valence-electron chi connectivity index (χ2n) is 1.20. The largest absolute Gasteiger partial charge is 0.400 e. The van der Waals surface area contributed by atoms with E-state index in [0.717, 1.165) is 7.11 Å². The summed E-state index contributed by atoms with van der Waals surface area (Å²) in [7, 11) is 1.00. The fourth-order valence-electron chi connectivity index (χ4n) is 0.0500. The molecule has 74 valence electrons. The Labute approximate surface area is 70.1 Å². The lowest BCUT2D eigenvalue weighted by atomic mass is 10.5. The molecular formula is C6H14O6. The van der Waals surface area contributed by atoms with Crippen LogP contribution in [-0.4, -0.2) is 59.4 Å². The highest BCUT2D eigenvalue weighted by Gasteiger charge is 1.89. The molecule has 0 saturated carbocycles. The van der Waals surface area contributed by atoms with Crippen LogP contribution in [0.2, 0.25) is 0 Å². The highest BCUT2D eigenvalue weighted by Crippen LogP contribution is 1.59. The van der Waals surface area contributed by atoms with Gasteiger partial charge in [-0.05, 0) is 0 Å². The SMILES string of the molecule is CO.O=C(CO)CO.O=CCO. The predicted octanol–water partition coefficient (Wildman–Crippen LogP) is -2.67. The van der Waals surface area contributed by atoms with Gasteiger partial charge < -0.3 is 25.2 Å². The van der Waals surface area contributed by atoms with E-state index in [1.54, 1.807) is 0 Å². The quantitative estimate of drug-likeness (QED) is 0.354. The van der Waals surface area contributed by atoms with Gasteiger partial charge in [-0.1, -0.05) is 0 Å². The number of rotatable bonds is 3. The molecule has 0 amide bonds. The zero-order chi connectivity index (χ0) is 10.4. The Morgan fingerprint density at radius 1 is 1.17 bits per heavy atom. The van der Waals surface area contributed by atoms with Gasteiger partial charge in [0.2, 0.25) is 0 Å². The van der Waals surface area contributed by atoms with Crippen LogP contribution in [0.4, 0.5) is 0 Å². The van der Waals surface area contributed by atoms with Crippen LogP contribution in [0, 0.1) is 0 Å². The maximum Gasteiger partial charge on any atom is 0.183 e. The minimum absolute atomic E-state index is 0.361. The number of aliphatic hydroxyl groups excluding tert-OH is 4. The summed E-state index contributed by atoms with van der Waals surface area (Å²) in [5.74, 6) is -0.546. The first-order chi connectivity index (χ1) is 5.72. The summed E-state index contributed by atoms with van der Waals surface area (Å²) in [4.78, 5) is 18.6. The first-order valence-electron chi connectivity index (χ1n) is 2.95. The molecule has 0 fully saturated rings. The van der Waals surface area contributed by atoms with E-state index < -0.39 is 19.0 Å². The Hall–Kier alpha value is -0.820. The maximum atomic E-state index is 9.68. The van der Waals surface area contributed by atoms with Crippen molar-refractivity contribution in [3.05, 3.63) is 0 Å². The monoisotopic (exact) mass is 182 g/mol. The average molecular weight is 182 g/mol.